The number of nitro benzene ring substituents is 1. The molecule has 1 atom stereocenters. The van der Waals surface area contributed by atoms with Gasteiger partial charge >= 0.3 is 5.97 Å². The molecule has 1 amide bonds. The highest BCUT2D eigenvalue weighted by molar-refractivity contribution is 7.99. The van der Waals surface area contributed by atoms with E-state index in [4.69, 9.17) is 4.74 Å². The predicted molar refractivity (Wildman–Crippen MR) is 109 cm³/mol. The highest BCUT2D eigenvalue weighted by atomic mass is 32.2. The molecule has 152 valence electrons. The van der Waals surface area contributed by atoms with Gasteiger partial charge in [-0.1, -0.05) is 29.5 Å². The maximum Gasteiger partial charge on any atom is 0.339 e. The van der Waals surface area contributed by atoms with Crippen molar-refractivity contribution >= 4 is 29.3 Å². The number of benzene rings is 2. The number of ether oxygens (including phenoxy) is 1. The average Bonchev–Trinajstić information content (AvgIpc) is 3.24. The first-order chi connectivity index (χ1) is 13.8. The second-order valence-corrected chi connectivity index (χ2v) is 8.05. The van der Waals surface area contributed by atoms with Crippen molar-refractivity contribution in [2.75, 3.05) is 13.1 Å². The van der Waals surface area contributed by atoms with E-state index in [0.717, 1.165) is 23.3 Å². The van der Waals surface area contributed by atoms with Crippen molar-refractivity contribution in [2.24, 2.45) is 0 Å². The number of nitrogens with zero attached hydrogens (tertiary/aromatic N) is 2. The maximum absolute atomic E-state index is 12.4. The molecule has 8 heteroatoms. The van der Waals surface area contributed by atoms with Crippen LogP contribution in [-0.2, 0) is 9.53 Å². The number of nitro groups is 1. The summed E-state index contributed by atoms with van der Waals surface area (Å²) in [5.41, 5.74) is 0.967. The third-order valence-electron chi connectivity index (χ3n) is 4.69. The van der Waals surface area contributed by atoms with E-state index in [0.29, 0.717) is 18.0 Å². The molecule has 2 aromatic rings. The standard InChI is InChI=1S/C21H22N2O5S/c1-14-5-8-17(9-6-14)29-19-10-7-16(13-18(19)23(26)27)21(25)28-15(2)20(24)22-11-3-4-12-22/h5-10,13,15H,3-4,11-12H2,1-2H3. The SMILES string of the molecule is Cc1ccc(Sc2ccc(C(=O)OC(C)C(=O)N3CCCC3)cc2[N+](=O)[O-])cc1. The second kappa shape index (κ2) is 9.09. The van der Waals surface area contributed by atoms with E-state index in [1.54, 1.807) is 4.90 Å². The number of carbonyl (C=O) groups is 2. The Hall–Kier alpha value is -2.87. The van der Waals surface area contributed by atoms with Crippen LogP contribution in [0.5, 0.6) is 0 Å². The van der Waals surface area contributed by atoms with Crippen molar-refractivity contribution in [3.8, 4) is 0 Å². The number of amides is 1. The molecule has 1 fully saturated rings. The van der Waals surface area contributed by atoms with Crippen molar-refractivity contribution in [3.63, 3.8) is 0 Å². The molecule has 1 heterocycles. The smallest absolute Gasteiger partial charge is 0.339 e. The summed E-state index contributed by atoms with van der Waals surface area (Å²) in [5.74, 6) is -0.989. The fraction of sp³-hybridized carbons (Fsp3) is 0.333. The van der Waals surface area contributed by atoms with E-state index in [-0.39, 0.29) is 17.2 Å². The lowest BCUT2D eigenvalue weighted by Gasteiger charge is -2.20. The van der Waals surface area contributed by atoms with Gasteiger partial charge < -0.3 is 9.64 Å². The van der Waals surface area contributed by atoms with E-state index >= 15 is 0 Å². The molecule has 3 rings (SSSR count). The number of carbonyl (C=O) groups excluding carboxylic acids is 2. The molecule has 1 aliphatic rings. The van der Waals surface area contributed by atoms with Crippen LogP contribution in [0.3, 0.4) is 0 Å². The molecule has 1 saturated heterocycles. The molecule has 1 aliphatic heterocycles. The molecule has 1 unspecified atom stereocenters. The first-order valence-corrected chi connectivity index (χ1v) is 10.2. The Bertz CT molecular complexity index is 923. The monoisotopic (exact) mass is 414 g/mol. The van der Waals surface area contributed by atoms with Gasteiger partial charge in [-0.25, -0.2) is 4.79 Å². The zero-order chi connectivity index (χ0) is 21.0. The first kappa shape index (κ1) is 20.9. The van der Waals surface area contributed by atoms with E-state index in [2.05, 4.69) is 0 Å². The van der Waals surface area contributed by atoms with Crippen molar-refractivity contribution in [2.45, 2.75) is 42.6 Å². The largest absolute Gasteiger partial charge is 0.449 e. The summed E-state index contributed by atoms with van der Waals surface area (Å²) in [4.78, 5) is 38.7. The van der Waals surface area contributed by atoms with Crippen molar-refractivity contribution in [1.82, 2.24) is 4.90 Å². The average molecular weight is 414 g/mol. The van der Waals surface area contributed by atoms with Gasteiger partial charge in [-0.2, -0.15) is 0 Å². The minimum Gasteiger partial charge on any atom is -0.449 e. The van der Waals surface area contributed by atoms with Crippen LogP contribution in [-0.4, -0.2) is 40.9 Å². The number of hydrogen-bond acceptors (Lipinski definition) is 6. The molecule has 0 radical (unpaired) electrons. The molecule has 29 heavy (non-hydrogen) atoms. The summed E-state index contributed by atoms with van der Waals surface area (Å²) in [5, 5.41) is 11.5. The molecule has 0 spiro atoms. The van der Waals surface area contributed by atoms with Crippen molar-refractivity contribution in [3.05, 3.63) is 63.7 Å². The second-order valence-electron chi connectivity index (χ2n) is 6.93. The third kappa shape index (κ3) is 5.14. The fourth-order valence-corrected chi connectivity index (χ4v) is 3.98. The summed E-state index contributed by atoms with van der Waals surface area (Å²) in [7, 11) is 0. The molecule has 0 aliphatic carbocycles. The van der Waals surface area contributed by atoms with Gasteiger partial charge in [-0.05, 0) is 51.0 Å². The predicted octanol–water partition coefficient (Wildman–Crippen LogP) is 4.22. The topological polar surface area (TPSA) is 89.8 Å². The minimum absolute atomic E-state index is 0.0472. The number of aryl methyl sites for hydroxylation is 1. The normalized spacial score (nSPS) is 14.5. The highest BCUT2D eigenvalue weighted by Crippen LogP contribution is 2.35. The first-order valence-electron chi connectivity index (χ1n) is 9.38. The number of esters is 1. The van der Waals surface area contributed by atoms with E-state index in [1.165, 1.54) is 36.9 Å². The van der Waals surface area contributed by atoms with Crippen LogP contribution in [0, 0.1) is 17.0 Å². The summed E-state index contributed by atoms with van der Waals surface area (Å²) in [6.07, 6.45) is 0.957. The van der Waals surface area contributed by atoms with E-state index in [1.807, 2.05) is 31.2 Å². The molecular formula is C21H22N2O5S. The summed E-state index contributed by atoms with van der Waals surface area (Å²) in [6.45, 7) is 4.82. The van der Waals surface area contributed by atoms with Gasteiger partial charge in [0.2, 0.25) is 0 Å². The van der Waals surface area contributed by atoms with Crippen LogP contribution in [0.2, 0.25) is 0 Å². The molecule has 0 saturated carbocycles. The summed E-state index contributed by atoms with van der Waals surface area (Å²) < 4.78 is 5.26. The molecule has 0 bridgehead atoms. The number of likely N-dealkylation sites (tertiary alicyclic amines) is 1. The van der Waals surface area contributed by atoms with Gasteiger partial charge in [0.15, 0.2) is 6.10 Å². The van der Waals surface area contributed by atoms with Gasteiger partial charge in [-0.15, -0.1) is 0 Å². The summed E-state index contributed by atoms with van der Waals surface area (Å²) >= 11 is 1.25. The number of rotatable bonds is 6. The third-order valence-corrected chi connectivity index (χ3v) is 5.76. The van der Waals surface area contributed by atoms with Crippen LogP contribution in [0.1, 0.15) is 35.7 Å². The fourth-order valence-electron chi connectivity index (χ4n) is 3.08. The Labute approximate surface area is 173 Å². The minimum atomic E-state index is -0.929. The molecule has 7 nitrogen and oxygen atoms in total. The van der Waals surface area contributed by atoms with Gasteiger partial charge in [-0.3, -0.25) is 14.9 Å². The van der Waals surface area contributed by atoms with Crippen molar-refractivity contribution < 1.29 is 19.2 Å². The lowest BCUT2D eigenvalue weighted by atomic mass is 10.2. The summed E-state index contributed by atoms with van der Waals surface area (Å²) in [6, 6.07) is 11.9. The van der Waals surface area contributed by atoms with Crippen LogP contribution in [0.4, 0.5) is 5.69 Å². The maximum atomic E-state index is 12.4. The van der Waals surface area contributed by atoms with Crippen LogP contribution in [0.25, 0.3) is 0 Å². The van der Waals surface area contributed by atoms with Gasteiger partial charge in [0.05, 0.1) is 15.4 Å². The van der Waals surface area contributed by atoms with Crippen LogP contribution >= 0.6 is 11.8 Å². The molecule has 0 aromatic heterocycles. The highest BCUT2D eigenvalue weighted by Gasteiger charge is 2.27. The zero-order valence-electron chi connectivity index (χ0n) is 16.3. The Morgan fingerprint density at radius 1 is 1.14 bits per heavy atom. The Kier molecular flexibility index (Phi) is 6.53. The molecular weight excluding hydrogens is 392 g/mol. The molecule has 0 N–H and O–H groups in total. The van der Waals surface area contributed by atoms with Crippen molar-refractivity contribution in [1.29, 1.82) is 0 Å². The Morgan fingerprint density at radius 2 is 1.79 bits per heavy atom. The van der Waals surface area contributed by atoms with Gasteiger partial charge in [0, 0.05) is 24.1 Å². The van der Waals surface area contributed by atoms with E-state index < -0.39 is 17.0 Å². The Morgan fingerprint density at radius 3 is 2.41 bits per heavy atom. The number of hydrogen-bond donors (Lipinski definition) is 0. The zero-order valence-corrected chi connectivity index (χ0v) is 17.1. The van der Waals surface area contributed by atoms with Gasteiger partial charge in [0.25, 0.3) is 11.6 Å². The van der Waals surface area contributed by atoms with Crippen LogP contribution in [0.15, 0.2) is 52.3 Å². The quantitative estimate of drug-likeness (QED) is 0.399. The van der Waals surface area contributed by atoms with Gasteiger partial charge in [0.1, 0.15) is 0 Å². The van der Waals surface area contributed by atoms with Crippen LogP contribution < -0.4 is 0 Å². The molecule has 2 aromatic carbocycles. The van der Waals surface area contributed by atoms with E-state index in [9.17, 15) is 19.7 Å². The Balaban J connectivity index is 1.74. The lowest BCUT2D eigenvalue weighted by Crippen LogP contribution is -2.38. The lowest BCUT2D eigenvalue weighted by molar-refractivity contribution is -0.387.